The summed E-state index contributed by atoms with van der Waals surface area (Å²) >= 11 is 0. The highest BCUT2D eigenvalue weighted by atomic mass is 19.1. The van der Waals surface area contributed by atoms with Crippen molar-refractivity contribution in [2.75, 3.05) is 6.54 Å². The standard InChI is InChI=1S/C17H28FN/c1-5-13(3)11-17(6-2)19-10-9-15-7-8-16(18)12-14(15)4/h7-8,12-13,17,19H,5-6,9-11H2,1-4H3. The molecule has 0 aliphatic carbocycles. The molecule has 0 spiro atoms. The van der Waals surface area contributed by atoms with E-state index in [9.17, 15) is 4.39 Å². The molecule has 0 amide bonds. The van der Waals surface area contributed by atoms with Gasteiger partial charge in [0.25, 0.3) is 0 Å². The van der Waals surface area contributed by atoms with E-state index in [1.807, 2.05) is 13.0 Å². The normalized spacial score (nSPS) is 14.4. The minimum atomic E-state index is -0.141. The Bertz CT molecular complexity index is 376. The molecule has 0 fully saturated rings. The molecule has 0 aliphatic rings. The van der Waals surface area contributed by atoms with Gasteiger partial charge in [0.15, 0.2) is 0 Å². The summed E-state index contributed by atoms with van der Waals surface area (Å²) in [5.41, 5.74) is 2.30. The Balaban J connectivity index is 2.39. The van der Waals surface area contributed by atoms with Crippen LogP contribution in [0.2, 0.25) is 0 Å². The van der Waals surface area contributed by atoms with Crippen LogP contribution in [0.4, 0.5) is 4.39 Å². The second-order valence-electron chi connectivity index (χ2n) is 5.63. The highest BCUT2D eigenvalue weighted by molar-refractivity contribution is 5.26. The quantitative estimate of drug-likeness (QED) is 0.730. The van der Waals surface area contributed by atoms with Gasteiger partial charge in [0, 0.05) is 6.04 Å². The van der Waals surface area contributed by atoms with Gasteiger partial charge in [0.2, 0.25) is 0 Å². The zero-order valence-electron chi connectivity index (χ0n) is 12.8. The monoisotopic (exact) mass is 265 g/mol. The maximum atomic E-state index is 13.0. The average Bonchev–Trinajstić information content (AvgIpc) is 2.39. The number of benzene rings is 1. The van der Waals surface area contributed by atoms with Crippen molar-refractivity contribution in [2.45, 2.75) is 59.4 Å². The molecule has 2 unspecified atom stereocenters. The van der Waals surface area contributed by atoms with Crippen LogP contribution >= 0.6 is 0 Å². The third-order valence-corrected chi connectivity index (χ3v) is 4.01. The van der Waals surface area contributed by atoms with Crippen LogP contribution in [0.5, 0.6) is 0 Å². The van der Waals surface area contributed by atoms with Crippen LogP contribution in [0.15, 0.2) is 18.2 Å². The van der Waals surface area contributed by atoms with Crippen LogP contribution in [0.25, 0.3) is 0 Å². The van der Waals surface area contributed by atoms with Crippen LogP contribution in [0.1, 0.15) is 51.2 Å². The molecule has 0 bridgehead atoms. The van der Waals surface area contributed by atoms with E-state index in [0.29, 0.717) is 6.04 Å². The van der Waals surface area contributed by atoms with E-state index in [0.717, 1.165) is 24.4 Å². The molecule has 1 nitrogen and oxygen atoms in total. The summed E-state index contributed by atoms with van der Waals surface area (Å²) in [5, 5.41) is 3.63. The van der Waals surface area contributed by atoms with E-state index >= 15 is 0 Å². The molecule has 0 aliphatic heterocycles. The lowest BCUT2D eigenvalue weighted by atomic mass is 9.97. The summed E-state index contributed by atoms with van der Waals surface area (Å²) in [6.45, 7) is 9.76. The van der Waals surface area contributed by atoms with E-state index < -0.39 is 0 Å². The van der Waals surface area contributed by atoms with Crippen molar-refractivity contribution >= 4 is 0 Å². The van der Waals surface area contributed by atoms with Gasteiger partial charge < -0.3 is 5.32 Å². The summed E-state index contributed by atoms with van der Waals surface area (Å²) in [6.07, 6.45) is 4.64. The molecule has 0 saturated heterocycles. The Morgan fingerprint density at radius 2 is 1.95 bits per heavy atom. The fourth-order valence-corrected chi connectivity index (χ4v) is 2.40. The lowest BCUT2D eigenvalue weighted by molar-refractivity contribution is 0.387. The number of halogens is 1. The van der Waals surface area contributed by atoms with Crippen LogP contribution in [0.3, 0.4) is 0 Å². The second kappa shape index (κ2) is 8.31. The zero-order valence-corrected chi connectivity index (χ0v) is 12.8. The van der Waals surface area contributed by atoms with Gasteiger partial charge >= 0.3 is 0 Å². The Morgan fingerprint density at radius 1 is 1.21 bits per heavy atom. The van der Waals surface area contributed by atoms with Gasteiger partial charge in [0.05, 0.1) is 0 Å². The van der Waals surface area contributed by atoms with Crippen LogP contribution in [-0.2, 0) is 6.42 Å². The lowest BCUT2D eigenvalue weighted by Crippen LogP contribution is -2.31. The minimum Gasteiger partial charge on any atom is -0.314 e. The number of rotatable bonds is 8. The number of hydrogen-bond acceptors (Lipinski definition) is 1. The first-order valence-electron chi connectivity index (χ1n) is 7.55. The molecular formula is C17H28FN. The summed E-state index contributed by atoms with van der Waals surface area (Å²) in [7, 11) is 0. The highest BCUT2D eigenvalue weighted by Crippen LogP contribution is 2.13. The van der Waals surface area contributed by atoms with Gasteiger partial charge in [-0.3, -0.25) is 0 Å². The maximum Gasteiger partial charge on any atom is 0.123 e. The van der Waals surface area contributed by atoms with E-state index in [-0.39, 0.29) is 5.82 Å². The predicted molar refractivity (Wildman–Crippen MR) is 81.0 cm³/mol. The molecule has 19 heavy (non-hydrogen) atoms. The highest BCUT2D eigenvalue weighted by Gasteiger charge is 2.09. The first kappa shape index (κ1) is 16.2. The van der Waals surface area contributed by atoms with Crippen LogP contribution < -0.4 is 5.32 Å². The third-order valence-electron chi connectivity index (χ3n) is 4.01. The number of hydrogen-bond donors (Lipinski definition) is 1. The summed E-state index contributed by atoms with van der Waals surface area (Å²) in [6, 6.07) is 5.68. The summed E-state index contributed by atoms with van der Waals surface area (Å²) in [4.78, 5) is 0. The predicted octanol–water partition coefficient (Wildman–Crippen LogP) is 4.48. The van der Waals surface area contributed by atoms with Gasteiger partial charge in [-0.1, -0.05) is 33.3 Å². The zero-order chi connectivity index (χ0) is 14.3. The Labute approximate surface area is 117 Å². The molecule has 0 heterocycles. The van der Waals surface area contributed by atoms with E-state index in [1.165, 1.54) is 24.8 Å². The largest absolute Gasteiger partial charge is 0.314 e. The molecule has 2 atom stereocenters. The fraction of sp³-hybridized carbons (Fsp3) is 0.647. The van der Waals surface area contributed by atoms with Gasteiger partial charge in [-0.05, 0) is 61.9 Å². The van der Waals surface area contributed by atoms with Crippen molar-refractivity contribution in [3.8, 4) is 0 Å². The molecular weight excluding hydrogens is 237 g/mol. The van der Waals surface area contributed by atoms with Crippen molar-refractivity contribution in [1.29, 1.82) is 0 Å². The van der Waals surface area contributed by atoms with Crippen molar-refractivity contribution in [1.82, 2.24) is 5.32 Å². The molecule has 1 N–H and O–H groups in total. The number of aryl methyl sites for hydroxylation is 1. The molecule has 0 aromatic heterocycles. The van der Waals surface area contributed by atoms with E-state index in [2.05, 4.69) is 26.1 Å². The van der Waals surface area contributed by atoms with Gasteiger partial charge in [-0.25, -0.2) is 4.39 Å². The smallest absolute Gasteiger partial charge is 0.123 e. The van der Waals surface area contributed by atoms with Crippen molar-refractivity contribution in [2.24, 2.45) is 5.92 Å². The Morgan fingerprint density at radius 3 is 2.53 bits per heavy atom. The Kier molecular flexibility index (Phi) is 7.07. The topological polar surface area (TPSA) is 12.0 Å². The molecule has 0 saturated carbocycles. The van der Waals surface area contributed by atoms with Crippen molar-refractivity contribution < 1.29 is 4.39 Å². The third kappa shape index (κ3) is 5.73. The molecule has 108 valence electrons. The average molecular weight is 265 g/mol. The molecule has 1 rings (SSSR count). The molecule has 0 radical (unpaired) electrons. The SMILES string of the molecule is CCC(C)CC(CC)NCCc1ccc(F)cc1C. The second-order valence-corrected chi connectivity index (χ2v) is 5.63. The molecule has 2 heteroatoms. The number of nitrogens with one attached hydrogen (secondary N) is 1. The lowest BCUT2D eigenvalue weighted by Gasteiger charge is -2.20. The first-order chi connectivity index (χ1) is 9.06. The van der Waals surface area contributed by atoms with E-state index in [1.54, 1.807) is 12.1 Å². The van der Waals surface area contributed by atoms with E-state index in [4.69, 9.17) is 0 Å². The van der Waals surface area contributed by atoms with Gasteiger partial charge in [-0.15, -0.1) is 0 Å². The maximum absolute atomic E-state index is 13.0. The molecule has 1 aromatic carbocycles. The van der Waals surface area contributed by atoms with Crippen LogP contribution in [-0.4, -0.2) is 12.6 Å². The van der Waals surface area contributed by atoms with Gasteiger partial charge in [0.1, 0.15) is 5.82 Å². The summed E-state index contributed by atoms with van der Waals surface area (Å²) < 4.78 is 13.0. The summed E-state index contributed by atoms with van der Waals surface area (Å²) in [5.74, 6) is 0.641. The fourth-order valence-electron chi connectivity index (χ4n) is 2.40. The van der Waals surface area contributed by atoms with Crippen molar-refractivity contribution in [3.05, 3.63) is 35.1 Å². The van der Waals surface area contributed by atoms with Gasteiger partial charge in [-0.2, -0.15) is 0 Å². The molecule has 1 aromatic rings. The minimum absolute atomic E-state index is 0.141. The first-order valence-corrected chi connectivity index (χ1v) is 7.55. The Hall–Kier alpha value is -0.890. The van der Waals surface area contributed by atoms with Crippen molar-refractivity contribution in [3.63, 3.8) is 0 Å². The van der Waals surface area contributed by atoms with Crippen LogP contribution in [0, 0.1) is 18.7 Å².